The molecule has 47 heavy (non-hydrogen) atoms. The summed E-state index contributed by atoms with van der Waals surface area (Å²) in [6.45, 7) is 1.38. The highest BCUT2D eigenvalue weighted by Crippen LogP contribution is 2.41. The van der Waals surface area contributed by atoms with Gasteiger partial charge in [-0.1, -0.05) is 24.3 Å². The van der Waals surface area contributed by atoms with Crippen molar-refractivity contribution < 1.29 is 28.6 Å². The number of rotatable bonds is 9. The van der Waals surface area contributed by atoms with Crippen LogP contribution < -0.4 is 20.4 Å². The van der Waals surface area contributed by atoms with Gasteiger partial charge in [0.05, 0.1) is 12.7 Å². The molecule has 1 aromatic heterocycles. The molecule has 2 heterocycles. The van der Waals surface area contributed by atoms with E-state index in [1.165, 1.54) is 42.9 Å². The minimum absolute atomic E-state index is 0.0673. The van der Waals surface area contributed by atoms with E-state index in [4.69, 9.17) is 9.94 Å². The average molecular weight is 637 g/mol. The number of nitriles is 2. The van der Waals surface area contributed by atoms with E-state index >= 15 is 0 Å². The topological polar surface area (TPSA) is 155 Å². The van der Waals surface area contributed by atoms with Crippen molar-refractivity contribution in [2.45, 2.75) is 25.4 Å². The number of benzene rings is 3. The van der Waals surface area contributed by atoms with Gasteiger partial charge in [0.2, 0.25) is 0 Å². The number of carbonyl (C=O) groups is 1. The number of methoxy groups -OCH3 is 1. The molecule has 0 radical (unpaired) electrons. The highest BCUT2D eigenvalue weighted by atomic mass is 19.1. The van der Waals surface area contributed by atoms with Gasteiger partial charge in [-0.15, -0.1) is 0 Å². The molecule has 238 valence electrons. The zero-order valence-electron chi connectivity index (χ0n) is 25.3. The van der Waals surface area contributed by atoms with Crippen LogP contribution in [-0.4, -0.2) is 47.4 Å². The van der Waals surface area contributed by atoms with Crippen molar-refractivity contribution in [2.75, 3.05) is 25.1 Å². The first-order valence-corrected chi connectivity index (χ1v) is 14.7. The van der Waals surface area contributed by atoms with Gasteiger partial charge >= 0.3 is 0 Å². The first kappa shape index (κ1) is 32.6. The standard InChI is InChI=1S/C35H30F2N6O4/c1-47-32-8-7-22(16-31(32)44)28-20-41-35(27(18-39)34(28)23-5-6-24(17-38)30(37)15-23)43-12-10-26(11-13-43)40-19-25-4-2-21(14-29(25)36)3-9-33(45)42-46/h2-9,14-16,20,26,40,44,46H,10-13,19H2,1H3,(H,42,45)/b9-3+. The van der Waals surface area contributed by atoms with Gasteiger partial charge in [-0.25, -0.2) is 19.2 Å². The number of hydroxylamine groups is 1. The Kier molecular flexibility index (Phi) is 10.1. The number of phenolic OH excluding ortho intramolecular Hbond substituents is 1. The van der Waals surface area contributed by atoms with E-state index in [0.717, 1.165) is 6.08 Å². The number of aromatic hydroxyl groups is 1. The summed E-state index contributed by atoms with van der Waals surface area (Å²) in [6.07, 6.45) is 5.43. The molecule has 10 nitrogen and oxygen atoms in total. The maximum atomic E-state index is 14.8. The highest BCUT2D eigenvalue weighted by Gasteiger charge is 2.26. The Balaban J connectivity index is 1.37. The predicted molar refractivity (Wildman–Crippen MR) is 170 cm³/mol. The number of phenols is 1. The molecule has 3 aromatic carbocycles. The number of nitrogens with zero attached hydrogens (tertiary/aromatic N) is 4. The van der Waals surface area contributed by atoms with Crippen LogP contribution in [0.15, 0.2) is 66.9 Å². The number of hydrogen-bond donors (Lipinski definition) is 4. The van der Waals surface area contributed by atoms with Crippen LogP contribution in [-0.2, 0) is 11.3 Å². The summed E-state index contributed by atoms with van der Waals surface area (Å²) in [7, 11) is 1.43. The second-order valence-electron chi connectivity index (χ2n) is 10.9. The Morgan fingerprint density at radius 2 is 1.83 bits per heavy atom. The van der Waals surface area contributed by atoms with Gasteiger partial charge < -0.3 is 20.1 Å². The molecule has 1 fully saturated rings. The highest BCUT2D eigenvalue weighted by molar-refractivity contribution is 5.91. The summed E-state index contributed by atoms with van der Waals surface area (Å²) in [5.74, 6) is -1.29. The Labute approximate surface area is 269 Å². The fraction of sp³-hybridized carbons (Fsp3) is 0.200. The Morgan fingerprint density at radius 1 is 1.06 bits per heavy atom. The third-order valence-electron chi connectivity index (χ3n) is 8.03. The van der Waals surface area contributed by atoms with E-state index in [1.807, 2.05) is 11.0 Å². The fourth-order valence-corrected chi connectivity index (χ4v) is 5.55. The van der Waals surface area contributed by atoms with Crippen molar-refractivity contribution in [1.29, 1.82) is 10.5 Å². The summed E-state index contributed by atoms with van der Waals surface area (Å²) < 4.78 is 34.7. The smallest absolute Gasteiger partial charge is 0.267 e. The first-order valence-electron chi connectivity index (χ1n) is 14.7. The van der Waals surface area contributed by atoms with Crippen LogP contribution in [0.2, 0.25) is 0 Å². The number of pyridine rings is 1. The van der Waals surface area contributed by atoms with Gasteiger partial charge in [-0.2, -0.15) is 10.5 Å². The van der Waals surface area contributed by atoms with Crippen molar-refractivity contribution in [3.8, 4) is 45.9 Å². The van der Waals surface area contributed by atoms with E-state index in [9.17, 15) is 29.2 Å². The van der Waals surface area contributed by atoms with Crippen LogP contribution in [0.3, 0.4) is 0 Å². The number of piperidine rings is 1. The number of amides is 1. The quantitative estimate of drug-likeness (QED) is 0.107. The zero-order valence-corrected chi connectivity index (χ0v) is 25.3. The number of ether oxygens (including phenoxy) is 1. The molecular formula is C35H30F2N6O4. The molecule has 1 amide bonds. The lowest BCUT2D eigenvalue weighted by molar-refractivity contribution is -0.124. The van der Waals surface area contributed by atoms with Crippen LogP contribution in [0.1, 0.15) is 35.1 Å². The van der Waals surface area contributed by atoms with Gasteiger partial charge in [0.25, 0.3) is 5.91 Å². The van der Waals surface area contributed by atoms with Gasteiger partial charge in [0, 0.05) is 54.6 Å². The van der Waals surface area contributed by atoms with E-state index in [0.29, 0.717) is 65.1 Å². The maximum Gasteiger partial charge on any atom is 0.267 e. The second-order valence-corrected chi connectivity index (χ2v) is 10.9. The van der Waals surface area contributed by atoms with Crippen LogP contribution in [0, 0.1) is 34.3 Å². The van der Waals surface area contributed by atoms with Crippen molar-refractivity contribution >= 4 is 17.8 Å². The molecule has 0 atom stereocenters. The second kappa shape index (κ2) is 14.5. The predicted octanol–water partition coefficient (Wildman–Crippen LogP) is 5.43. The molecule has 4 aromatic rings. The molecule has 12 heteroatoms. The minimum atomic E-state index is -0.723. The molecule has 4 N–H and O–H groups in total. The summed E-state index contributed by atoms with van der Waals surface area (Å²) >= 11 is 0. The normalized spacial score (nSPS) is 13.3. The van der Waals surface area contributed by atoms with Crippen molar-refractivity contribution in [2.24, 2.45) is 0 Å². The monoisotopic (exact) mass is 636 g/mol. The molecule has 1 aliphatic rings. The van der Waals surface area contributed by atoms with Gasteiger partial charge in [0.15, 0.2) is 11.5 Å². The van der Waals surface area contributed by atoms with Crippen molar-refractivity contribution in [3.63, 3.8) is 0 Å². The number of anilines is 1. The number of aromatic nitrogens is 1. The van der Waals surface area contributed by atoms with E-state index in [1.54, 1.807) is 36.5 Å². The van der Waals surface area contributed by atoms with E-state index in [2.05, 4.69) is 16.4 Å². The largest absolute Gasteiger partial charge is 0.504 e. The lowest BCUT2D eigenvalue weighted by Crippen LogP contribution is -2.43. The lowest BCUT2D eigenvalue weighted by Gasteiger charge is -2.34. The first-order chi connectivity index (χ1) is 22.8. The third kappa shape index (κ3) is 7.20. The molecule has 0 unspecified atom stereocenters. The molecule has 1 aliphatic heterocycles. The van der Waals surface area contributed by atoms with Crippen molar-refractivity contribution in [1.82, 2.24) is 15.8 Å². The average Bonchev–Trinajstić information content (AvgIpc) is 3.09. The Morgan fingerprint density at radius 3 is 2.47 bits per heavy atom. The molecular weight excluding hydrogens is 606 g/mol. The Hall–Kier alpha value is -5.82. The SMILES string of the molecule is COc1ccc(-c2cnc(N3CCC(NCc4ccc(/C=C/C(=O)NO)cc4F)CC3)c(C#N)c2-c2ccc(C#N)c(F)c2)cc1O. The minimum Gasteiger partial charge on any atom is -0.504 e. The number of nitrogens with one attached hydrogen (secondary N) is 2. The van der Waals surface area contributed by atoms with Crippen LogP contribution in [0.5, 0.6) is 11.5 Å². The Bertz CT molecular complexity index is 1930. The lowest BCUT2D eigenvalue weighted by atomic mass is 9.91. The number of hydrogen-bond acceptors (Lipinski definition) is 9. The van der Waals surface area contributed by atoms with E-state index < -0.39 is 17.5 Å². The molecule has 1 saturated heterocycles. The zero-order chi connectivity index (χ0) is 33.5. The summed E-state index contributed by atoms with van der Waals surface area (Å²) in [6, 6.07) is 17.7. The molecule has 0 spiro atoms. The maximum absolute atomic E-state index is 14.8. The van der Waals surface area contributed by atoms with Crippen LogP contribution >= 0.6 is 0 Å². The summed E-state index contributed by atoms with van der Waals surface area (Å²) in [5, 5.41) is 42.1. The molecule has 0 aliphatic carbocycles. The summed E-state index contributed by atoms with van der Waals surface area (Å²) in [5.41, 5.74) is 4.33. The molecule has 5 rings (SSSR count). The number of halogens is 2. The third-order valence-corrected chi connectivity index (χ3v) is 8.03. The van der Waals surface area contributed by atoms with Crippen LogP contribution in [0.25, 0.3) is 28.3 Å². The van der Waals surface area contributed by atoms with Crippen molar-refractivity contribution in [3.05, 3.63) is 101 Å². The van der Waals surface area contributed by atoms with Gasteiger partial charge in [0.1, 0.15) is 35.2 Å². The molecule has 0 saturated carbocycles. The van der Waals surface area contributed by atoms with Gasteiger partial charge in [-0.3, -0.25) is 10.0 Å². The molecule has 0 bridgehead atoms. The number of carbonyl (C=O) groups excluding carboxylic acids is 1. The summed E-state index contributed by atoms with van der Waals surface area (Å²) in [4.78, 5) is 17.8. The van der Waals surface area contributed by atoms with Crippen LogP contribution in [0.4, 0.5) is 14.6 Å². The van der Waals surface area contributed by atoms with Gasteiger partial charge in [-0.05, 0) is 65.9 Å². The van der Waals surface area contributed by atoms with E-state index in [-0.39, 0.29) is 35.2 Å². The fourth-order valence-electron chi connectivity index (χ4n) is 5.55.